The molecule has 2 aromatic carbocycles. The smallest absolute Gasteiger partial charge is 0.338 e. The van der Waals surface area contributed by atoms with Gasteiger partial charge in [-0.25, -0.2) is 4.79 Å². The van der Waals surface area contributed by atoms with E-state index in [1.165, 1.54) is 5.56 Å². The number of carbonyl (C=O) groups is 2. The standard InChI is InChI=1S/C27H30N2O5/c1-19-25(20(2)34-28-19)17-32-24-10-8-23(9-11-24)27(31)33-18-26(30)29-14-12-22(13-15-29)16-21-6-4-3-5-7-21/h3-11,22H,12-18H2,1-2H3. The van der Waals surface area contributed by atoms with Crippen molar-refractivity contribution in [2.75, 3.05) is 19.7 Å². The summed E-state index contributed by atoms with van der Waals surface area (Å²) in [5.41, 5.74) is 3.41. The zero-order valence-electron chi connectivity index (χ0n) is 19.7. The third-order valence-corrected chi connectivity index (χ3v) is 6.32. The maximum Gasteiger partial charge on any atom is 0.338 e. The van der Waals surface area contributed by atoms with Gasteiger partial charge in [-0.2, -0.15) is 0 Å². The average molecular weight is 463 g/mol. The molecule has 7 nitrogen and oxygen atoms in total. The molecule has 3 aromatic rings. The molecule has 178 valence electrons. The van der Waals surface area contributed by atoms with Gasteiger partial charge >= 0.3 is 5.97 Å². The molecule has 1 aliphatic rings. The van der Waals surface area contributed by atoms with Crippen molar-refractivity contribution in [2.24, 2.45) is 5.92 Å². The Labute approximate surface area is 199 Å². The van der Waals surface area contributed by atoms with E-state index in [4.69, 9.17) is 14.0 Å². The van der Waals surface area contributed by atoms with Gasteiger partial charge in [0.1, 0.15) is 18.1 Å². The molecule has 0 atom stereocenters. The van der Waals surface area contributed by atoms with Crippen molar-refractivity contribution in [3.63, 3.8) is 0 Å². The largest absolute Gasteiger partial charge is 0.489 e. The highest BCUT2D eigenvalue weighted by atomic mass is 16.5. The van der Waals surface area contributed by atoms with E-state index in [0.29, 0.717) is 36.9 Å². The van der Waals surface area contributed by atoms with E-state index < -0.39 is 5.97 Å². The predicted octanol–water partition coefficient (Wildman–Crippen LogP) is 4.51. The summed E-state index contributed by atoms with van der Waals surface area (Å²) in [5.74, 6) is 1.25. The third-order valence-electron chi connectivity index (χ3n) is 6.32. The molecule has 0 N–H and O–H groups in total. The van der Waals surface area contributed by atoms with Gasteiger partial charge in [0.2, 0.25) is 0 Å². The summed E-state index contributed by atoms with van der Waals surface area (Å²) in [6.45, 7) is 5.19. The molecule has 0 unspecified atom stereocenters. The first kappa shape index (κ1) is 23.5. The topological polar surface area (TPSA) is 81.9 Å². The highest BCUT2D eigenvalue weighted by Gasteiger charge is 2.24. The lowest BCUT2D eigenvalue weighted by atomic mass is 9.90. The molecule has 1 amide bonds. The zero-order chi connectivity index (χ0) is 23.9. The summed E-state index contributed by atoms with van der Waals surface area (Å²) < 4.78 is 16.2. The summed E-state index contributed by atoms with van der Waals surface area (Å²) in [4.78, 5) is 26.7. The van der Waals surface area contributed by atoms with Crippen molar-refractivity contribution in [1.82, 2.24) is 10.1 Å². The first-order valence-electron chi connectivity index (χ1n) is 11.6. The van der Waals surface area contributed by atoms with E-state index in [2.05, 4.69) is 29.4 Å². The van der Waals surface area contributed by atoms with E-state index in [-0.39, 0.29) is 12.5 Å². The van der Waals surface area contributed by atoms with E-state index in [1.54, 1.807) is 29.2 Å². The molecular formula is C27H30N2O5. The van der Waals surface area contributed by atoms with Gasteiger partial charge in [-0.1, -0.05) is 35.5 Å². The summed E-state index contributed by atoms with van der Waals surface area (Å²) in [5, 5.41) is 3.91. The van der Waals surface area contributed by atoms with Crippen LogP contribution in [0, 0.1) is 19.8 Å². The number of esters is 1. The zero-order valence-corrected chi connectivity index (χ0v) is 19.7. The first-order chi connectivity index (χ1) is 16.5. The van der Waals surface area contributed by atoms with Crippen LogP contribution >= 0.6 is 0 Å². The molecule has 1 fully saturated rings. The minimum atomic E-state index is -0.524. The summed E-state index contributed by atoms with van der Waals surface area (Å²) in [6.07, 6.45) is 2.96. The molecule has 0 spiro atoms. The third kappa shape index (κ3) is 6.04. The SMILES string of the molecule is Cc1noc(C)c1COc1ccc(C(=O)OCC(=O)N2CCC(Cc3ccccc3)CC2)cc1. The number of ether oxygens (including phenoxy) is 2. The lowest BCUT2D eigenvalue weighted by Gasteiger charge is -2.32. The van der Waals surface area contributed by atoms with E-state index in [9.17, 15) is 9.59 Å². The van der Waals surface area contributed by atoms with Gasteiger partial charge in [0.05, 0.1) is 16.8 Å². The molecule has 2 heterocycles. The maximum atomic E-state index is 12.5. The Morgan fingerprint density at radius 2 is 1.74 bits per heavy atom. The van der Waals surface area contributed by atoms with Gasteiger partial charge in [-0.05, 0) is 68.9 Å². The van der Waals surface area contributed by atoms with Crippen LogP contribution in [0.3, 0.4) is 0 Å². The van der Waals surface area contributed by atoms with Gasteiger partial charge in [-0.3, -0.25) is 4.79 Å². The Balaban J connectivity index is 1.19. The molecular weight excluding hydrogens is 432 g/mol. The predicted molar refractivity (Wildman–Crippen MR) is 126 cm³/mol. The fourth-order valence-electron chi connectivity index (χ4n) is 4.19. The van der Waals surface area contributed by atoms with Gasteiger partial charge in [0.15, 0.2) is 6.61 Å². The van der Waals surface area contributed by atoms with Gasteiger partial charge < -0.3 is 18.9 Å². The van der Waals surface area contributed by atoms with Crippen LogP contribution in [-0.4, -0.2) is 41.6 Å². The van der Waals surface area contributed by atoms with Gasteiger partial charge in [0.25, 0.3) is 5.91 Å². The van der Waals surface area contributed by atoms with Crippen LogP contribution in [0.5, 0.6) is 5.75 Å². The van der Waals surface area contributed by atoms with Crippen molar-refractivity contribution in [3.05, 3.63) is 82.7 Å². The number of nitrogens with zero attached hydrogens (tertiary/aromatic N) is 2. The van der Waals surface area contributed by atoms with Crippen LogP contribution in [0.25, 0.3) is 0 Å². The van der Waals surface area contributed by atoms with Crippen LogP contribution in [0.1, 0.15) is 45.8 Å². The first-order valence-corrected chi connectivity index (χ1v) is 11.6. The molecule has 0 aliphatic carbocycles. The summed E-state index contributed by atoms with van der Waals surface area (Å²) in [6, 6.07) is 17.1. The van der Waals surface area contributed by atoms with Crippen molar-refractivity contribution in [1.29, 1.82) is 0 Å². The fourth-order valence-corrected chi connectivity index (χ4v) is 4.19. The molecule has 1 aromatic heterocycles. The summed E-state index contributed by atoms with van der Waals surface area (Å²) >= 11 is 0. The second-order valence-electron chi connectivity index (χ2n) is 8.71. The highest BCUT2D eigenvalue weighted by molar-refractivity contribution is 5.91. The Morgan fingerprint density at radius 3 is 2.38 bits per heavy atom. The number of likely N-dealkylation sites (tertiary alicyclic amines) is 1. The molecule has 0 radical (unpaired) electrons. The molecule has 34 heavy (non-hydrogen) atoms. The van der Waals surface area contributed by atoms with E-state index >= 15 is 0 Å². The lowest BCUT2D eigenvalue weighted by Crippen LogP contribution is -2.41. The van der Waals surface area contributed by atoms with Crippen molar-refractivity contribution in [3.8, 4) is 5.75 Å². The number of hydrogen-bond acceptors (Lipinski definition) is 6. The molecule has 1 saturated heterocycles. The molecule has 7 heteroatoms. The number of carbonyl (C=O) groups excluding carboxylic acids is 2. The highest BCUT2D eigenvalue weighted by Crippen LogP contribution is 2.22. The Hall–Kier alpha value is -3.61. The van der Waals surface area contributed by atoms with Crippen molar-refractivity contribution in [2.45, 2.75) is 39.7 Å². The molecule has 0 saturated carbocycles. The number of piperidine rings is 1. The molecule has 1 aliphatic heterocycles. The van der Waals surface area contributed by atoms with Crippen LogP contribution in [-0.2, 0) is 22.6 Å². The van der Waals surface area contributed by atoms with Crippen LogP contribution < -0.4 is 4.74 Å². The molecule has 0 bridgehead atoms. The average Bonchev–Trinajstić information content (AvgIpc) is 3.19. The number of rotatable bonds is 8. The number of benzene rings is 2. The second-order valence-corrected chi connectivity index (χ2v) is 8.71. The number of hydrogen-bond donors (Lipinski definition) is 0. The minimum Gasteiger partial charge on any atom is -0.489 e. The lowest BCUT2D eigenvalue weighted by molar-refractivity contribution is -0.135. The normalized spacial score (nSPS) is 14.1. The van der Waals surface area contributed by atoms with Crippen molar-refractivity contribution >= 4 is 11.9 Å². The Bertz CT molecular complexity index is 1080. The fraction of sp³-hybridized carbons (Fsp3) is 0.370. The van der Waals surface area contributed by atoms with Crippen LogP contribution in [0.15, 0.2) is 59.1 Å². The molecule has 4 rings (SSSR count). The van der Waals surface area contributed by atoms with Crippen molar-refractivity contribution < 1.29 is 23.6 Å². The number of aromatic nitrogens is 1. The van der Waals surface area contributed by atoms with E-state index in [0.717, 1.165) is 36.3 Å². The monoisotopic (exact) mass is 462 g/mol. The van der Waals surface area contributed by atoms with Crippen LogP contribution in [0.4, 0.5) is 0 Å². The Morgan fingerprint density at radius 1 is 1.03 bits per heavy atom. The number of amides is 1. The summed E-state index contributed by atoms with van der Waals surface area (Å²) in [7, 11) is 0. The minimum absolute atomic E-state index is 0.147. The second kappa shape index (κ2) is 11.0. The van der Waals surface area contributed by atoms with Crippen LogP contribution in [0.2, 0.25) is 0 Å². The van der Waals surface area contributed by atoms with Gasteiger partial charge in [0, 0.05) is 13.1 Å². The quantitative estimate of drug-likeness (QED) is 0.458. The van der Waals surface area contributed by atoms with Gasteiger partial charge in [-0.15, -0.1) is 0 Å². The number of aryl methyl sites for hydroxylation is 2. The maximum absolute atomic E-state index is 12.5. The van der Waals surface area contributed by atoms with E-state index in [1.807, 2.05) is 19.9 Å². The Kier molecular flexibility index (Phi) is 7.62.